The molecule has 3 heteroatoms. The largest absolute Gasteiger partial charge is 0.342 e. The number of nitrogens with two attached hydrogens (primary N) is 1. The maximum atomic E-state index is 13.0. The second-order valence-corrected chi connectivity index (χ2v) is 7.40. The summed E-state index contributed by atoms with van der Waals surface area (Å²) < 4.78 is 0. The third-order valence-corrected chi connectivity index (χ3v) is 5.29. The van der Waals surface area contributed by atoms with E-state index in [1.807, 2.05) is 0 Å². The molecular formula is C17H32N2O. The van der Waals surface area contributed by atoms with Gasteiger partial charge in [0.15, 0.2) is 0 Å². The molecule has 0 radical (unpaired) electrons. The Morgan fingerprint density at radius 3 is 2.35 bits per heavy atom. The molecule has 1 amide bonds. The topological polar surface area (TPSA) is 46.3 Å². The van der Waals surface area contributed by atoms with Crippen LogP contribution in [0.25, 0.3) is 0 Å². The Labute approximate surface area is 124 Å². The summed E-state index contributed by atoms with van der Waals surface area (Å²) in [6.45, 7) is 7.21. The highest BCUT2D eigenvalue weighted by atomic mass is 16.2. The second kappa shape index (κ2) is 6.93. The molecule has 2 fully saturated rings. The second-order valence-electron chi connectivity index (χ2n) is 7.40. The summed E-state index contributed by atoms with van der Waals surface area (Å²) in [5.74, 6) is 1.83. The Bertz CT molecular complexity index is 313. The number of hydrogen-bond donors (Lipinski definition) is 1. The molecule has 20 heavy (non-hydrogen) atoms. The van der Waals surface area contributed by atoms with E-state index in [2.05, 4.69) is 18.7 Å². The fraction of sp³-hybridized carbons (Fsp3) is 0.941. The molecule has 116 valence electrons. The van der Waals surface area contributed by atoms with Gasteiger partial charge in [0.05, 0.1) is 0 Å². The average Bonchev–Trinajstić information content (AvgIpc) is 2.88. The molecule has 1 saturated heterocycles. The number of nitrogens with zero attached hydrogens (tertiary/aromatic N) is 1. The highest BCUT2D eigenvalue weighted by Gasteiger charge is 2.44. The van der Waals surface area contributed by atoms with Crippen molar-refractivity contribution in [2.45, 2.75) is 65.2 Å². The van der Waals surface area contributed by atoms with Crippen LogP contribution >= 0.6 is 0 Å². The first kappa shape index (κ1) is 15.8. The Kier molecular flexibility index (Phi) is 5.48. The first-order valence-electron chi connectivity index (χ1n) is 8.57. The van der Waals surface area contributed by atoms with Crippen LogP contribution in [0.15, 0.2) is 0 Å². The molecule has 2 rings (SSSR count). The van der Waals surface area contributed by atoms with Gasteiger partial charge in [0, 0.05) is 18.5 Å². The van der Waals surface area contributed by atoms with Gasteiger partial charge in [-0.1, -0.05) is 26.7 Å². The molecule has 2 N–H and O–H groups in total. The fourth-order valence-electron chi connectivity index (χ4n) is 4.33. The van der Waals surface area contributed by atoms with E-state index >= 15 is 0 Å². The van der Waals surface area contributed by atoms with Crippen molar-refractivity contribution in [3.8, 4) is 0 Å². The predicted octanol–water partition coefficient (Wildman–Crippen LogP) is 3.18. The normalized spacial score (nSPS) is 23.5. The third kappa shape index (κ3) is 3.55. The lowest BCUT2D eigenvalue weighted by molar-refractivity contribution is -0.144. The van der Waals surface area contributed by atoms with Crippen molar-refractivity contribution in [2.24, 2.45) is 23.0 Å². The molecule has 1 saturated carbocycles. The summed E-state index contributed by atoms with van der Waals surface area (Å²) in [6.07, 6.45) is 9.22. The minimum Gasteiger partial charge on any atom is -0.342 e. The van der Waals surface area contributed by atoms with Gasteiger partial charge in [-0.25, -0.2) is 0 Å². The summed E-state index contributed by atoms with van der Waals surface area (Å²) in [5, 5.41) is 0. The highest BCUT2D eigenvalue weighted by molar-refractivity contribution is 5.83. The molecule has 0 aromatic heterocycles. The van der Waals surface area contributed by atoms with Crippen LogP contribution in [-0.2, 0) is 4.79 Å². The van der Waals surface area contributed by atoms with Gasteiger partial charge in [0.25, 0.3) is 0 Å². The smallest absolute Gasteiger partial charge is 0.228 e. The monoisotopic (exact) mass is 280 g/mol. The molecule has 1 aliphatic heterocycles. The maximum Gasteiger partial charge on any atom is 0.228 e. The summed E-state index contributed by atoms with van der Waals surface area (Å²) in [5.41, 5.74) is 5.63. The van der Waals surface area contributed by atoms with Crippen molar-refractivity contribution >= 4 is 5.91 Å². The number of hydrogen-bond acceptors (Lipinski definition) is 2. The molecular weight excluding hydrogens is 248 g/mol. The molecule has 0 atom stereocenters. The van der Waals surface area contributed by atoms with E-state index < -0.39 is 0 Å². The van der Waals surface area contributed by atoms with Crippen LogP contribution in [0, 0.1) is 17.3 Å². The first-order chi connectivity index (χ1) is 9.57. The van der Waals surface area contributed by atoms with E-state index in [0.29, 0.717) is 11.8 Å². The maximum absolute atomic E-state index is 13.0. The zero-order valence-corrected chi connectivity index (χ0v) is 13.4. The summed E-state index contributed by atoms with van der Waals surface area (Å²) in [7, 11) is 0. The molecule has 1 aliphatic carbocycles. The SMILES string of the molecule is CC(C)CC1(C(=O)N2CCC(CCN)CC2)CCCC1. The molecule has 1 heterocycles. The molecule has 0 aromatic carbocycles. The fourth-order valence-corrected chi connectivity index (χ4v) is 4.33. The number of rotatable bonds is 5. The molecule has 2 aliphatic rings. The lowest BCUT2D eigenvalue weighted by atomic mass is 9.76. The Hall–Kier alpha value is -0.570. The lowest BCUT2D eigenvalue weighted by Crippen LogP contribution is -2.47. The number of amides is 1. The Morgan fingerprint density at radius 2 is 1.85 bits per heavy atom. The minimum atomic E-state index is -0.0190. The lowest BCUT2D eigenvalue weighted by Gasteiger charge is -2.39. The van der Waals surface area contributed by atoms with Gasteiger partial charge in [-0.3, -0.25) is 4.79 Å². The number of likely N-dealkylation sites (tertiary alicyclic amines) is 1. The van der Waals surface area contributed by atoms with Gasteiger partial charge in [-0.15, -0.1) is 0 Å². The molecule has 0 spiro atoms. The van der Waals surface area contributed by atoms with E-state index in [9.17, 15) is 4.79 Å². The van der Waals surface area contributed by atoms with E-state index in [-0.39, 0.29) is 5.41 Å². The molecule has 0 unspecified atom stereocenters. The van der Waals surface area contributed by atoms with E-state index in [1.54, 1.807) is 0 Å². The molecule has 3 nitrogen and oxygen atoms in total. The van der Waals surface area contributed by atoms with Crippen molar-refractivity contribution in [1.29, 1.82) is 0 Å². The van der Waals surface area contributed by atoms with Gasteiger partial charge in [-0.2, -0.15) is 0 Å². The summed E-state index contributed by atoms with van der Waals surface area (Å²) in [6, 6.07) is 0. The third-order valence-electron chi connectivity index (χ3n) is 5.29. The van der Waals surface area contributed by atoms with E-state index in [1.165, 1.54) is 12.8 Å². The van der Waals surface area contributed by atoms with Crippen molar-refractivity contribution in [2.75, 3.05) is 19.6 Å². The number of carbonyl (C=O) groups is 1. The molecule has 0 aromatic rings. The van der Waals surface area contributed by atoms with Crippen LogP contribution in [0.4, 0.5) is 0 Å². The van der Waals surface area contributed by atoms with Crippen molar-refractivity contribution < 1.29 is 4.79 Å². The van der Waals surface area contributed by atoms with Crippen LogP contribution in [0.5, 0.6) is 0 Å². The van der Waals surface area contributed by atoms with Crippen LogP contribution in [0.2, 0.25) is 0 Å². The summed E-state index contributed by atoms with van der Waals surface area (Å²) in [4.78, 5) is 15.2. The zero-order chi connectivity index (χ0) is 14.6. The Morgan fingerprint density at radius 1 is 1.25 bits per heavy atom. The van der Waals surface area contributed by atoms with Gasteiger partial charge in [-0.05, 0) is 56.9 Å². The van der Waals surface area contributed by atoms with Gasteiger partial charge >= 0.3 is 0 Å². The van der Waals surface area contributed by atoms with Crippen molar-refractivity contribution in [1.82, 2.24) is 4.90 Å². The average molecular weight is 280 g/mol. The molecule has 0 bridgehead atoms. The first-order valence-corrected chi connectivity index (χ1v) is 8.57. The van der Waals surface area contributed by atoms with Gasteiger partial charge < -0.3 is 10.6 Å². The van der Waals surface area contributed by atoms with Crippen LogP contribution < -0.4 is 5.73 Å². The standard InChI is InChI=1S/C17H32N2O/c1-14(2)13-17(8-3-4-9-17)16(20)19-11-6-15(5-10-18)7-12-19/h14-15H,3-13,18H2,1-2H3. The minimum absolute atomic E-state index is 0.0190. The predicted molar refractivity (Wildman–Crippen MR) is 83.3 cm³/mol. The van der Waals surface area contributed by atoms with Crippen LogP contribution in [0.1, 0.15) is 65.2 Å². The quantitative estimate of drug-likeness (QED) is 0.840. The number of carbonyl (C=O) groups excluding carboxylic acids is 1. The van der Waals surface area contributed by atoms with Crippen molar-refractivity contribution in [3.63, 3.8) is 0 Å². The van der Waals surface area contributed by atoms with Gasteiger partial charge in [0.1, 0.15) is 0 Å². The van der Waals surface area contributed by atoms with Gasteiger partial charge in [0.2, 0.25) is 5.91 Å². The Balaban J connectivity index is 1.95. The number of piperidine rings is 1. The van der Waals surface area contributed by atoms with Crippen LogP contribution in [-0.4, -0.2) is 30.4 Å². The van der Waals surface area contributed by atoms with E-state index in [4.69, 9.17) is 5.73 Å². The van der Waals surface area contributed by atoms with Crippen molar-refractivity contribution in [3.05, 3.63) is 0 Å². The van der Waals surface area contributed by atoms with E-state index in [0.717, 1.165) is 64.1 Å². The van der Waals surface area contributed by atoms with Crippen LogP contribution in [0.3, 0.4) is 0 Å². The summed E-state index contributed by atoms with van der Waals surface area (Å²) >= 11 is 0. The highest BCUT2D eigenvalue weighted by Crippen LogP contribution is 2.45. The zero-order valence-electron chi connectivity index (χ0n) is 13.4.